The molecule has 54 valence electrons. The number of aromatic hydroxyl groups is 2. The first-order valence-corrected chi connectivity index (χ1v) is 3.58. The van der Waals surface area contributed by atoms with Crippen molar-refractivity contribution in [3.63, 3.8) is 0 Å². The fraction of sp³-hybridized carbons (Fsp3) is 0.143. The molecule has 0 aromatic heterocycles. The summed E-state index contributed by atoms with van der Waals surface area (Å²) < 4.78 is 0.713. The molecule has 0 bridgehead atoms. The SMILES string of the molecule is Cc1c(O)cc(O)cc1Br. The first kappa shape index (κ1) is 7.41. The second kappa shape index (κ2) is 2.50. The lowest BCUT2D eigenvalue weighted by molar-refractivity contribution is 0.447. The summed E-state index contributed by atoms with van der Waals surface area (Å²) in [5, 5.41) is 18.0. The lowest BCUT2D eigenvalue weighted by Crippen LogP contribution is -1.76. The van der Waals surface area contributed by atoms with Crippen molar-refractivity contribution < 1.29 is 10.2 Å². The average Bonchev–Trinajstić information content (AvgIpc) is 1.82. The maximum atomic E-state index is 9.09. The third-order valence-corrected chi connectivity index (χ3v) is 2.13. The van der Waals surface area contributed by atoms with E-state index in [1.54, 1.807) is 6.92 Å². The van der Waals surface area contributed by atoms with Crippen molar-refractivity contribution in [3.05, 3.63) is 22.2 Å². The van der Waals surface area contributed by atoms with E-state index in [-0.39, 0.29) is 11.5 Å². The zero-order chi connectivity index (χ0) is 7.72. The molecule has 3 heteroatoms. The zero-order valence-corrected chi connectivity index (χ0v) is 7.01. The third kappa shape index (κ3) is 1.24. The van der Waals surface area contributed by atoms with Crippen LogP contribution in [-0.4, -0.2) is 10.2 Å². The van der Waals surface area contributed by atoms with Crippen molar-refractivity contribution in [2.45, 2.75) is 6.92 Å². The predicted octanol–water partition coefficient (Wildman–Crippen LogP) is 2.17. The molecule has 0 fully saturated rings. The van der Waals surface area contributed by atoms with Crippen LogP contribution >= 0.6 is 15.9 Å². The number of benzene rings is 1. The molecular formula is C7H7BrO2. The Morgan fingerprint density at radius 3 is 2.40 bits per heavy atom. The highest BCUT2D eigenvalue weighted by atomic mass is 79.9. The molecule has 0 unspecified atom stereocenters. The van der Waals surface area contributed by atoms with Crippen LogP contribution in [0.15, 0.2) is 16.6 Å². The molecule has 0 saturated carbocycles. The van der Waals surface area contributed by atoms with Gasteiger partial charge in [-0.1, -0.05) is 15.9 Å². The summed E-state index contributed by atoms with van der Waals surface area (Å²) in [7, 11) is 0. The summed E-state index contributed by atoms with van der Waals surface area (Å²) in [6.07, 6.45) is 0. The van der Waals surface area contributed by atoms with Gasteiger partial charge in [-0.3, -0.25) is 0 Å². The van der Waals surface area contributed by atoms with Gasteiger partial charge in [0.15, 0.2) is 0 Å². The summed E-state index contributed by atoms with van der Waals surface area (Å²) in [6.45, 7) is 1.76. The van der Waals surface area contributed by atoms with E-state index < -0.39 is 0 Å². The smallest absolute Gasteiger partial charge is 0.123 e. The average molecular weight is 203 g/mol. The van der Waals surface area contributed by atoms with E-state index >= 15 is 0 Å². The summed E-state index contributed by atoms with van der Waals surface area (Å²) in [6, 6.07) is 2.84. The largest absolute Gasteiger partial charge is 0.508 e. The van der Waals surface area contributed by atoms with Gasteiger partial charge in [0, 0.05) is 16.1 Å². The van der Waals surface area contributed by atoms with E-state index in [1.165, 1.54) is 12.1 Å². The van der Waals surface area contributed by atoms with Crippen LogP contribution in [0, 0.1) is 6.92 Å². The molecule has 0 saturated heterocycles. The molecule has 0 heterocycles. The minimum Gasteiger partial charge on any atom is -0.508 e. The van der Waals surface area contributed by atoms with Crippen LogP contribution in [0.3, 0.4) is 0 Å². The topological polar surface area (TPSA) is 40.5 Å². The molecule has 0 atom stereocenters. The maximum absolute atomic E-state index is 9.09. The molecule has 2 N–H and O–H groups in total. The van der Waals surface area contributed by atoms with E-state index in [0.717, 1.165) is 5.56 Å². The highest BCUT2D eigenvalue weighted by Crippen LogP contribution is 2.29. The van der Waals surface area contributed by atoms with E-state index in [9.17, 15) is 0 Å². The van der Waals surface area contributed by atoms with Crippen LogP contribution in [0.2, 0.25) is 0 Å². The Balaban J connectivity index is 3.31. The van der Waals surface area contributed by atoms with E-state index in [0.29, 0.717) is 4.47 Å². The first-order chi connectivity index (χ1) is 4.61. The standard InChI is InChI=1S/C7H7BrO2/c1-4-6(8)2-5(9)3-7(4)10/h2-3,9-10H,1H3. The first-order valence-electron chi connectivity index (χ1n) is 2.79. The van der Waals surface area contributed by atoms with Crippen LogP contribution in [-0.2, 0) is 0 Å². The third-order valence-electron chi connectivity index (χ3n) is 1.30. The van der Waals surface area contributed by atoms with Crippen LogP contribution in [0.5, 0.6) is 11.5 Å². The van der Waals surface area contributed by atoms with Gasteiger partial charge in [-0.25, -0.2) is 0 Å². The van der Waals surface area contributed by atoms with Gasteiger partial charge < -0.3 is 10.2 Å². The lowest BCUT2D eigenvalue weighted by Gasteiger charge is -2.01. The van der Waals surface area contributed by atoms with Crippen molar-refractivity contribution in [3.8, 4) is 11.5 Å². The van der Waals surface area contributed by atoms with Crippen LogP contribution in [0.1, 0.15) is 5.56 Å². The Morgan fingerprint density at radius 2 is 1.90 bits per heavy atom. The number of hydrogen-bond acceptors (Lipinski definition) is 2. The number of phenolic OH excluding ortho intramolecular Hbond substituents is 2. The summed E-state index contributed by atoms with van der Waals surface area (Å²) in [4.78, 5) is 0. The van der Waals surface area contributed by atoms with Crippen LogP contribution in [0.4, 0.5) is 0 Å². The molecule has 0 aliphatic carbocycles. The monoisotopic (exact) mass is 202 g/mol. The molecule has 1 aromatic carbocycles. The number of rotatable bonds is 0. The van der Waals surface area contributed by atoms with Crippen LogP contribution in [0.25, 0.3) is 0 Å². The molecule has 0 radical (unpaired) electrons. The van der Waals surface area contributed by atoms with Crippen molar-refractivity contribution >= 4 is 15.9 Å². The second-order valence-electron chi connectivity index (χ2n) is 2.07. The Morgan fingerprint density at radius 1 is 1.30 bits per heavy atom. The van der Waals surface area contributed by atoms with Crippen molar-refractivity contribution in [1.29, 1.82) is 0 Å². The molecule has 0 aliphatic heterocycles. The normalized spacial score (nSPS) is 9.80. The molecule has 0 amide bonds. The van der Waals surface area contributed by atoms with Gasteiger partial charge in [0.25, 0.3) is 0 Å². The van der Waals surface area contributed by atoms with Gasteiger partial charge in [-0.05, 0) is 13.0 Å². The lowest BCUT2D eigenvalue weighted by atomic mass is 10.2. The number of phenols is 2. The maximum Gasteiger partial charge on any atom is 0.123 e. The van der Waals surface area contributed by atoms with E-state index in [4.69, 9.17) is 10.2 Å². The van der Waals surface area contributed by atoms with Crippen molar-refractivity contribution in [1.82, 2.24) is 0 Å². The predicted molar refractivity (Wildman–Crippen MR) is 42.2 cm³/mol. The number of halogens is 1. The Labute approximate surface area is 67.3 Å². The van der Waals surface area contributed by atoms with Gasteiger partial charge >= 0.3 is 0 Å². The molecule has 1 rings (SSSR count). The second-order valence-corrected chi connectivity index (χ2v) is 2.93. The Kier molecular flexibility index (Phi) is 1.85. The summed E-state index contributed by atoms with van der Waals surface area (Å²) >= 11 is 3.18. The Hall–Kier alpha value is -0.700. The molecule has 10 heavy (non-hydrogen) atoms. The van der Waals surface area contributed by atoms with E-state index in [1.807, 2.05) is 0 Å². The molecule has 0 aliphatic rings. The Bertz CT molecular complexity index is 235. The highest BCUT2D eigenvalue weighted by molar-refractivity contribution is 9.10. The molecular weight excluding hydrogens is 196 g/mol. The minimum atomic E-state index is 0.0648. The van der Waals surface area contributed by atoms with Gasteiger partial charge in [-0.2, -0.15) is 0 Å². The quantitative estimate of drug-likeness (QED) is 0.678. The van der Waals surface area contributed by atoms with Crippen molar-refractivity contribution in [2.75, 3.05) is 0 Å². The van der Waals surface area contributed by atoms with Gasteiger partial charge in [0.1, 0.15) is 11.5 Å². The minimum absolute atomic E-state index is 0.0648. The fourth-order valence-corrected chi connectivity index (χ4v) is 1.09. The summed E-state index contributed by atoms with van der Waals surface area (Å²) in [5.41, 5.74) is 0.734. The zero-order valence-electron chi connectivity index (χ0n) is 5.43. The summed E-state index contributed by atoms with van der Waals surface area (Å²) in [5.74, 6) is 0.168. The van der Waals surface area contributed by atoms with E-state index in [2.05, 4.69) is 15.9 Å². The molecule has 0 spiro atoms. The molecule has 1 aromatic rings. The highest BCUT2D eigenvalue weighted by Gasteiger charge is 2.01. The number of hydrogen-bond donors (Lipinski definition) is 2. The van der Waals surface area contributed by atoms with Gasteiger partial charge in [0.05, 0.1) is 0 Å². The fourth-order valence-electron chi connectivity index (χ4n) is 0.650. The van der Waals surface area contributed by atoms with Gasteiger partial charge in [0.2, 0.25) is 0 Å². The van der Waals surface area contributed by atoms with Crippen molar-refractivity contribution in [2.24, 2.45) is 0 Å². The van der Waals surface area contributed by atoms with Gasteiger partial charge in [-0.15, -0.1) is 0 Å². The van der Waals surface area contributed by atoms with Crippen LogP contribution < -0.4 is 0 Å². The molecule has 2 nitrogen and oxygen atoms in total.